The second-order valence-corrected chi connectivity index (χ2v) is 8.48. The fourth-order valence-electron chi connectivity index (χ4n) is 4.49. The minimum Gasteiger partial charge on any atom is -0.481 e. The fraction of sp³-hybridized carbons (Fsp3) is 0.250. The first kappa shape index (κ1) is 24.0. The van der Waals surface area contributed by atoms with Gasteiger partial charge < -0.3 is 20.5 Å². The summed E-state index contributed by atoms with van der Waals surface area (Å²) in [6.07, 6.45) is -0.356. The molecule has 0 bridgehead atoms. The summed E-state index contributed by atoms with van der Waals surface area (Å²) in [7, 11) is 0. The number of fused-ring (bicyclic) bond motifs is 3. The molecule has 0 fully saturated rings. The van der Waals surface area contributed by atoms with Crippen LogP contribution in [0.3, 0.4) is 0 Å². The summed E-state index contributed by atoms with van der Waals surface area (Å²) in [4.78, 5) is 36.9. The Kier molecular flexibility index (Phi) is 7.45. The Bertz CT molecular complexity index is 1170. The lowest BCUT2D eigenvalue weighted by atomic mass is 9.98. The molecular weight excluding hydrogens is 444 g/mol. The number of carbonyl (C=O) groups is 3. The number of carbonyl (C=O) groups excluding carboxylic acids is 2. The van der Waals surface area contributed by atoms with Crippen molar-refractivity contribution >= 4 is 18.0 Å². The molecule has 0 aromatic heterocycles. The Morgan fingerprint density at radius 2 is 1.46 bits per heavy atom. The summed E-state index contributed by atoms with van der Waals surface area (Å²) < 4.78 is 5.53. The molecule has 0 spiro atoms. The number of alkyl carbamates (subject to hydrolysis) is 1. The minimum absolute atomic E-state index is 0.0794. The number of hydrogen-bond donors (Lipinski definition) is 3. The molecule has 2 atom stereocenters. The molecule has 7 nitrogen and oxygen atoms in total. The van der Waals surface area contributed by atoms with E-state index in [1.807, 2.05) is 36.4 Å². The van der Waals surface area contributed by atoms with E-state index in [0.29, 0.717) is 12.0 Å². The number of benzene rings is 3. The van der Waals surface area contributed by atoms with Gasteiger partial charge in [-0.05, 0) is 34.2 Å². The average Bonchev–Trinajstić information content (AvgIpc) is 3.20. The van der Waals surface area contributed by atoms with E-state index in [1.54, 1.807) is 37.3 Å². The molecule has 0 saturated heterocycles. The van der Waals surface area contributed by atoms with Crippen molar-refractivity contribution in [2.75, 3.05) is 13.2 Å². The Morgan fingerprint density at radius 1 is 0.886 bits per heavy atom. The molecule has 2 amide bonds. The van der Waals surface area contributed by atoms with Gasteiger partial charge in [0.05, 0.1) is 5.92 Å². The van der Waals surface area contributed by atoms with Gasteiger partial charge in [0.1, 0.15) is 12.6 Å². The van der Waals surface area contributed by atoms with Gasteiger partial charge in [-0.3, -0.25) is 9.59 Å². The lowest BCUT2D eigenvalue weighted by Crippen LogP contribution is -2.48. The summed E-state index contributed by atoms with van der Waals surface area (Å²) in [5, 5.41) is 14.8. The van der Waals surface area contributed by atoms with Crippen molar-refractivity contribution in [1.82, 2.24) is 10.6 Å². The molecular formula is C28H28N2O5. The van der Waals surface area contributed by atoms with E-state index in [-0.39, 0.29) is 19.1 Å². The molecule has 7 heteroatoms. The van der Waals surface area contributed by atoms with Gasteiger partial charge in [0.25, 0.3) is 0 Å². The molecule has 1 aliphatic rings. The van der Waals surface area contributed by atoms with Crippen LogP contribution >= 0.6 is 0 Å². The zero-order valence-electron chi connectivity index (χ0n) is 19.4. The van der Waals surface area contributed by atoms with Crippen LogP contribution in [0.1, 0.15) is 41.9 Å². The van der Waals surface area contributed by atoms with Gasteiger partial charge in [-0.25, -0.2) is 4.79 Å². The van der Waals surface area contributed by atoms with E-state index in [4.69, 9.17) is 4.74 Å². The standard InChI is InChI=1S/C28H28N2O5/c1-2-25(26(31)29-16-23(27(32)33)18-10-4-3-5-11-18)30-28(34)35-17-24-21-14-8-6-12-19(21)20-13-7-9-15-22(20)24/h3-15,23-25H,2,16-17H2,1H3,(H,29,31)(H,30,34)(H,32,33)/t23?,25-/m0/s1. The van der Waals surface area contributed by atoms with Crippen LogP contribution in [0, 0.1) is 0 Å². The Labute approximate surface area is 204 Å². The Morgan fingerprint density at radius 3 is 2.03 bits per heavy atom. The second kappa shape index (κ2) is 10.9. The topological polar surface area (TPSA) is 105 Å². The van der Waals surface area contributed by atoms with E-state index in [0.717, 1.165) is 22.3 Å². The zero-order chi connectivity index (χ0) is 24.8. The molecule has 0 saturated carbocycles. The maximum atomic E-state index is 12.7. The molecule has 180 valence electrons. The molecule has 1 unspecified atom stereocenters. The maximum absolute atomic E-state index is 12.7. The quantitative estimate of drug-likeness (QED) is 0.431. The predicted molar refractivity (Wildman–Crippen MR) is 132 cm³/mol. The molecule has 3 N–H and O–H groups in total. The van der Waals surface area contributed by atoms with E-state index >= 15 is 0 Å². The first-order valence-electron chi connectivity index (χ1n) is 11.7. The highest BCUT2D eigenvalue weighted by Crippen LogP contribution is 2.44. The molecule has 0 radical (unpaired) electrons. The third-order valence-corrected chi connectivity index (χ3v) is 6.34. The Hall–Kier alpha value is -4.13. The van der Waals surface area contributed by atoms with Crippen LogP contribution in [0.4, 0.5) is 4.79 Å². The smallest absolute Gasteiger partial charge is 0.407 e. The van der Waals surface area contributed by atoms with Crippen LogP contribution in [0.15, 0.2) is 78.9 Å². The van der Waals surface area contributed by atoms with Gasteiger partial charge >= 0.3 is 12.1 Å². The molecule has 0 aliphatic heterocycles. The first-order chi connectivity index (χ1) is 17.0. The normalized spacial score (nSPS) is 13.7. The number of aliphatic carboxylic acids is 1. The van der Waals surface area contributed by atoms with Gasteiger partial charge in [0.15, 0.2) is 0 Å². The molecule has 3 aromatic carbocycles. The van der Waals surface area contributed by atoms with Crippen molar-refractivity contribution in [2.45, 2.75) is 31.2 Å². The minimum atomic E-state index is -1.03. The highest BCUT2D eigenvalue weighted by molar-refractivity contribution is 5.86. The molecule has 3 aromatic rings. The van der Waals surface area contributed by atoms with Crippen LogP contribution < -0.4 is 10.6 Å². The predicted octanol–water partition coefficient (Wildman–Crippen LogP) is 4.29. The number of carboxylic acid groups (broad SMARTS) is 1. The van der Waals surface area contributed by atoms with Crippen molar-refractivity contribution in [3.05, 3.63) is 95.6 Å². The molecule has 4 rings (SSSR count). The van der Waals surface area contributed by atoms with Crippen molar-refractivity contribution in [1.29, 1.82) is 0 Å². The Balaban J connectivity index is 1.34. The number of amides is 2. The molecule has 0 heterocycles. The monoisotopic (exact) mass is 472 g/mol. The van der Waals surface area contributed by atoms with E-state index in [2.05, 4.69) is 22.8 Å². The lowest BCUT2D eigenvalue weighted by molar-refractivity contribution is -0.138. The number of ether oxygens (including phenoxy) is 1. The fourth-order valence-corrected chi connectivity index (χ4v) is 4.49. The number of nitrogens with one attached hydrogen (secondary N) is 2. The SMILES string of the molecule is CC[C@H](NC(=O)OCC1c2ccccc2-c2ccccc21)C(=O)NCC(C(=O)O)c1ccccc1. The number of rotatable bonds is 9. The van der Waals surface area contributed by atoms with Crippen molar-refractivity contribution in [3.8, 4) is 11.1 Å². The highest BCUT2D eigenvalue weighted by Gasteiger charge is 2.30. The summed E-state index contributed by atoms with van der Waals surface area (Å²) in [5.74, 6) is -2.45. The van der Waals surface area contributed by atoms with Gasteiger partial charge in [0, 0.05) is 12.5 Å². The van der Waals surface area contributed by atoms with Crippen LogP contribution in [-0.4, -0.2) is 42.3 Å². The maximum Gasteiger partial charge on any atom is 0.407 e. The van der Waals surface area contributed by atoms with E-state index in [1.165, 1.54) is 0 Å². The van der Waals surface area contributed by atoms with Gasteiger partial charge in [-0.2, -0.15) is 0 Å². The van der Waals surface area contributed by atoms with Crippen LogP contribution in [-0.2, 0) is 14.3 Å². The summed E-state index contributed by atoms with van der Waals surface area (Å²) >= 11 is 0. The van der Waals surface area contributed by atoms with Crippen LogP contribution in [0.25, 0.3) is 11.1 Å². The van der Waals surface area contributed by atoms with Gasteiger partial charge in [-0.1, -0.05) is 85.8 Å². The average molecular weight is 473 g/mol. The highest BCUT2D eigenvalue weighted by atomic mass is 16.5. The zero-order valence-corrected chi connectivity index (χ0v) is 19.4. The van der Waals surface area contributed by atoms with E-state index < -0.39 is 29.9 Å². The number of hydrogen-bond acceptors (Lipinski definition) is 4. The summed E-state index contributed by atoms with van der Waals surface area (Å²) in [6, 6.07) is 24.0. The van der Waals surface area contributed by atoms with Crippen molar-refractivity contribution in [2.24, 2.45) is 0 Å². The van der Waals surface area contributed by atoms with Crippen molar-refractivity contribution in [3.63, 3.8) is 0 Å². The van der Waals surface area contributed by atoms with Gasteiger partial charge in [-0.15, -0.1) is 0 Å². The first-order valence-corrected chi connectivity index (χ1v) is 11.7. The largest absolute Gasteiger partial charge is 0.481 e. The van der Waals surface area contributed by atoms with Gasteiger partial charge in [0.2, 0.25) is 5.91 Å². The molecule has 1 aliphatic carbocycles. The molecule has 35 heavy (non-hydrogen) atoms. The van der Waals surface area contributed by atoms with Crippen molar-refractivity contribution < 1.29 is 24.2 Å². The van der Waals surface area contributed by atoms with Crippen LogP contribution in [0.2, 0.25) is 0 Å². The lowest BCUT2D eigenvalue weighted by Gasteiger charge is -2.20. The van der Waals surface area contributed by atoms with Crippen LogP contribution in [0.5, 0.6) is 0 Å². The summed E-state index contributed by atoms with van der Waals surface area (Å²) in [5.41, 5.74) is 5.07. The number of carboxylic acids is 1. The third-order valence-electron chi connectivity index (χ3n) is 6.34. The summed E-state index contributed by atoms with van der Waals surface area (Å²) in [6.45, 7) is 1.83. The van der Waals surface area contributed by atoms with E-state index in [9.17, 15) is 19.5 Å². The second-order valence-electron chi connectivity index (χ2n) is 8.48. The third kappa shape index (κ3) is 5.35.